The molecule has 0 atom stereocenters. The summed E-state index contributed by atoms with van der Waals surface area (Å²) in [7, 11) is 0. The lowest BCUT2D eigenvalue weighted by Gasteiger charge is -2.10. The number of rotatable bonds is 2. The van der Waals surface area contributed by atoms with E-state index in [-0.39, 0.29) is 5.82 Å². The van der Waals surface area contributed by atoms with Crippen molar-refractivity contribution in [2.45, 2.75) is 6.92 Å². The van der Waals surface area contributed by atoms with Crippen molar-refractivity contribution in [1.82, 2.24) is 9.97 Å². The Kier molecular flexibility index (Phi) is 3.63. The lowest BCUT2D eigenvalue weighted by molar-refractivity contribution is 0.631. The number of benzene rings is 1. The molecule has 3 nitrogen and oxygen atoms in total. The number of pyridine rings is 2. The first-order chi connectivity index (χ1) is 10.7. The summed E-state index contributed by atoms with van der Waals surface area (Å²) in [5.74, 6) is -0.367. The second-order valence-corrected chi connectivity index (χ2v) is 4.84. The van der Waals surface area contributed by atoms with Crippen LogP contribution in [0.1, 0.15) is 11.1 Å². The molecule has 0 aliphatic heterocycles. The molecule has 0 bridgehead atoms. The van der Waals surface area contributed by atoms with Crippen molar-refractivity contribution in [1.29, 1.82) is 5.26 Å². The van der Waals surface area contributed by atoms with E-state index in [1.165, 1.54) is 6.07 Å². The van der Waals surface area contributed by atoms with E-state index in [2.05, 4.69) is 16.0 Å². The first kappa shape index (κ1) is 13.9. The Morgan fingerprint density at radius 2 is 1.68 bits per heavy atom. The van der Waals surface area contributed by atoms with E-state index in [1.807, 2.05) is 19.1 Å². The van der Waals surface area contributed by atoms with Crippen molar-refractivity contribution >= 4 is 0 Å². The van der Waals surface area contributed by atoms with Gasteiger partial charge in [-0.2, -0.15) is 5.26 Å². The lowest BCUT2D eigenvalue weighted by Crippen LogP contribution is -1.97. The molecule has 0 spiro atoms. The fraction of sp³-hybridized carbons (Fsp3) is 0.0556. The van der Waals surface area contributed by atoms with Crippen molar-refractivity contribution in [2.75, 3.05) is 0 Å². The van der Waals surface area contributed by atoms with Gasteiger partial charge in [-0.25, -0.2) is 4.39 Å². The number of halogens is 1. The monoisotopic (exact) mass is 289 g/mol. The molecule has 4 heteroatoms. The first-order valence-electron chi connectivity index (χ1n) is 6.78. The average molecular weight is 289 g/mol. The van der Waals surface area contributed by atoms with Crippen LogP contribution in [0.3, 0.4) is 0 Å². The number of aromatic nitrogens is 2. The molecule has 106 valence electrons. The molecule has 2 heterocycles. The van der Waals surface area contributed by atoms with Crippen molar-refractivity contribution < 1.29 is 4.39 Å². The van der Waals surface area contributed by atoms with Crippen molar-refractivity contribution in [3.63, 3.8) is 0 Å². The highest BCUT2D eigenvalue weighted by Crippen LogP contribution is 2.31. The summed E-state index contributed by atoms with van der Waals surface area (Å²) >= 11 is 0. The Morgan fingerprint density at radius 3 is 2.41 bits per heavy atom. The average Bonchev–Trinajstić information content (AvgIpc) is 2.55. The number of aryl methyl sites for hydroxylation is 1. The van der Waals surface area contributed by atoms with Gasteiger partial charge >= 0.3 is 0 Å². The molecule has 0 radical (unpaired) electrons. The van der Waals surface area contributed by atoms with Gasteiger partial charge in [-0.1, -0.05) is 24.3 Å². The Hall–Kier alpha value is -3.06. The summed E-state index contributed by atoms with van der Waals surface area (Å²) in [6, 6.07) is 13.9. The summed E-state index contributed by atoms with van der Waals surface area (Å²) in [4.78, 5) is 8.60. The van der Waals surface area contributed by atoms with Gasteiger partial charge in [0.2, 0.25) is 0 Å². The van der Waals surface area contributed by atoms with Gasteiger partial charge in [0.1, 0.15) is 17.6 Å². The van der Waals surface area contributed by atoms with E-state index in [4.69, 9.17) is 0 Å². The molecule has 3 rings (SSSR count). The van der Waals surface area contributed by atoms with Crippen LogP contribution in [-0.2, 0) is 0 Å². The van der Waals surface area contributed by atoms with Crippen LogP contribution in [0.15, 0.2) is 54.9 Å². The molecule has 1 aromatic carbocycles. The lowest BCUT2D eigenvalue weighted by atomic mass is 9.97. The van der Waals surface area contributed by atoms with E-state index in [9.17, 15) is 9.65 Å². The molecule has 0 unspecified atom stereocenters. The smallest absolute Gasteiger partial charge is 0.131 e. The van der Waals surface area contributed by atoms with Gasteiger partial charge in [-0.3, -0.25) is 9.97 Å². The molecule has 0 fully saturated rings. The molecule has 0 amide bonds. The number of nitriles is 1. The van der Waals surface area contributed by atoms with Crippen LogP contribution in [0.5, 0.6) is 0 Å². The predicted octanol–water partition coefficient (Wildman–Crippen LogP) is 4.13. The van der Waals surface area contributed by atoms with Crippen LogP contribution >= 0.6 is 0 Å². The zero-order valence-corrected chi connectivity index (χ0v) is 11.9. The molecule has 0 N–H and O–H groups in total. The fourth-order valence-electron chi connectivity index (χ4n) is 2.39. The predicted molar refractivity (Wildman–Crippen MR) is 82.3 cm³/mol. The molecular formula is C18H12FN3. The van der Waals surface area contributed by atoms with Crippen molar-refractivity contribution in [3.8, 4) is 28.6 Å². The van der Waals surface area contributed by atoms with Gasteiger partial charge in [-0.15, -0.1) is 0 Å². The molecule has 3 aromatic rings. The zero-order valence-electron chi connectivity index (χ0n) is 11.9. The van der Waals surface area contributed by atoms with Gasteiger partial charge in [0.25, 0.3) is 0 Å². The molecular weight excluding hydrogens is 277 g/mol. The Balaban J connectivity index is 2.29. The van der Waals surface area contributed by atoms with Crippen LogP contribution in [0.25, 0.3) is 22.5 Å². The maximum absolute atomic E-state index is 14.1. The number of hydrogen-bond donors (Lipinski definition) is 0. The molecule has 0 aliphatic rings. The van der Waals surface area contributed by atoms with E-state index in [0.29, 0.717) is 28.1 Å². The van der Waals surface area contributed by atoms with Crippen LogP contribution in [0, 0.1) is 24.1 Å². The third-order valence-corrected chi connectivity index (χ3v) is 3.46. The van der Waals surface area contributed by atoms with Crippen LogP contribution < -0.4 is 0 Å². The van der Waals surface area contributed by atoms with Gasteiger partial charge in [0.15, 0.2) is 0 Å². The largest absolute Gasteiger partial charge is 0.254 e. The minimum Gasteiger partial charge on any atom is -0.254 e. The summed E-state index contributed by atoms with van der Waals surface area (Å²) in [6.45, 7) is 1.90. The highest BCUT2D eigenvalue weighted by molar-refractivity contribution is 5.79. The number of nitrogens with zero attached hydrogens (tertiary/aromatic N) is 3. The van der Waals surface area contributed by atoms with E-state index < -0.39 is 0 Å². The summed E-state index contributed by atoms with van der Waals surface area (Å²) in [5.41, 5.74) is 3.26. The molecule has 2 aromatic heterocycles. The highest BCUT2D eigenvalue weighted by atomic mass is 19.1. The van der Waals surface area contributed by atoms with Gasteiger partial charge in [0.05, 0.1) is 11.3 Å². The standard InChI is InChI=1S/C18H12FN3/c1-12-5-4-9-21-17(12)18-15(11-20)13(8-10-22-18)14-6-2-3-7-16(14)19/h2-10H,1H3. The van der Waals surface area contributed by atoms with E-state index in [0.717, 1.165) is 5.56 Å². The van der Waals surface area contributed by atoms with Gasteiger partial charge in [0, 0.05) is 23.5 Å². The maximum atomic E-state index is 14.1. The van der Waals surface area contributed by atoms with Crippen LogP contribution in [-0.4, -0.2) is 9.97 Å². The Labute approximate surface area is 127 Å². The minimum atomic E-state index is -0.367. The summed E-state index contributed by atoms with van der Waals surface area (Å²) in [6.07, 6.45) is 3.23. The normalized spacial score (nSPS) is 10.2. The maximum Gasteiger partial charge on any atom is 0.131 e. The summed E-state index contributed by atoms with van der Waals surface area (Å²) < 4.78 is 14.1. The minimum absolute atomic E-state index is 0.328. The van der Waals surface area contributed by atoms with E-state index in [1.54, 1.807) is 36.7 Å². The zero-order chi connectivity index (χ0) is 15.5. The second-order valence-electron chi connectivity index (χ2n) is 4.84. The Bertz CT molecular complexity index is 818. The molecule has 0 aliphatic carbocycles. The van der Waals surface area contributed by atoms with Crippen LogP contribution in [0.4, 0.5) is 4.39 Å². The first-order valence-corrected chi connectivity index (χ1v) is 6.78. The molecule has 0 saturated heterocycles. The van der Waals surface area contributed by atoms with Gasteiger partial charge < -0.3 is 0 Å². The SMILES string of the molecule is Cc1cccnc1-c1nccc(-c2ccccc2F)c1C#N. The van der Waals surface area contributed by atoms with Crippen LogP contribution in [0.2, 0.25) is 0 Å². The third kappa shape index (κ3) is 2.33. The van der Waals surface area contributed by atoms with Gasteiger partial charge in [-0.05, 0) is 30.7 Å². The topological polar surface area (TPSA) is 49.6 Å². The second kappa shape index (κ2) is 5.74. The number of hydrogen-bond acceptors (Lipinski definition) is 3. The quantitative estimate of drug-likeness (QED) is 0.712. The molecule has 0 saturated carbocycles. The van der Waals surface area contributed by atoms with Crippen molar-refractivity contribution in [3.05, 3.63) is 71.8 Å². The summed E-state index contributed by atoms with van der Waals surface area (Å²) in [5, 5.41) is 9.56. The molecule has 22 heavy (non-hydrogen) atoms. The fourth-order valence-corrected chi connectivity index (χ4v) is 2.39. The highest BCUT2D eigenvalue weighted by Gasteiger charge is 2.17. The van der Waals surface area contributed by atoms with E-state index >= 15 is 0 Å². The van der Waals surface area contributed by atoms with Crippen molar-refractivity contribution in [2.24, 2.45) is 0 Å². The Morgan fingerprint density at radius 1 is 0.909 bits per heavy atom. The third-order valence-electron chi connectivity index (χ3n) is 3.46.